The van der Waals surface area contributed by atoms with E-state index in [-0.39, 0.29) is 12.4 Å². The molecule has 0 aromatic heterocycles. The van der Waals surface area contributed by atoms with Gasteiger partial charge in [-0.15, -0.1) is 12.4 Å². The smallest absolute Gasteiger partial charge is 0.0443 e. The second-order valence-corrected chi connectivity index (χ2v) is 1.68. The van der Waals surface area contributed by atoms with Crippen molar-refractivity contribution in [3.8, 4) is 0 Å². The molecule has 1 aliphatic rings. The van der Waals surface area contributed by atoms with E-state index in [9.17, 15) is 0 Å². The second-order valence-electron chi connectivity index (χ2n) is 1.68. The molecule has 1 fully saturated rings. The predicted molar refractivity (Wildman–Crippen MR) is 25.6 cm³/mol. The maximum absolute atomic E-state index is 2.28. The average Bonchev–Trinajstić information content (AvgIpc) is 1.75. The third kappa shape index (κ3) is 2.08. The molecule has 0 radical (unpaired) electrons. The van der Waals surface area contributed by atoms with Crippen LogP contribution in [0, 0.1) is 5.92 Å². The summed E-state index contributed by atoms with van der Waals surface area (Å²) >= 11 is 0. The number of hydrogen-bond donors (Lipinski definition) is 0. The van der Waals surface area contributed by atoms with Crippen molar-refractivity contribution in [2.24, 2.45) is 5.92 Å². The Labute approximate surface area is 39.0 Å². The van der Waals surface area contributed by atoms with Crippen molar-refractivity contribution < 1.29 is 0 Å². The molecule has 0 N–H and O–H groups in total. The van der Waals surface area contributed by atoms with Gasteiger partial charge in [0.2, 0.25) is 0 Å². The summed E-state index contributed by atoms with van der Waals surface area (Å²) in [5.74, 6) is 1.08. The summed E-state index contributed by atoms with van der Waals surface area (Å²) < 4.78 is 0. The third-order valence-electron chi connectivity index (χ3n) is 0.866. The molecule has 0 aromatic carbocycles. The zero-order valence-electron chi connectivity index (χ0n) is 3.40. The zero-order chi connectivity index (χ0) is 2.99. The molecule has 0 spiro atoms. The molecular weight excluding hydrogens is 83.5 g/mol. The molecule has 0 heterocycles. The SMILES string of the molecule is CC1CC1.Cl. The Bertz CT molecular complexity index is 22.8. The summed E-state index contributed by atoms with van der Waals surface area (Å²) in [5, 5.41) is 0. The number of rotatable bonds is 0. The predicted octanol–water partition coefficient (Wildman–Crippen LogP) is 1.84. The van der Waals surface area contributed by atoms with Crippen LogP contribution in [0.25, 0.3) is 0 Å². The topological polar surface area (TPSA) is 0 Å². The Morgan fingerprint density at radius 2 is 1.60 bits per heavy atom. The first-order valence-corrected chi connectivity index (χ1v) is 1.89. The minimum atomic E-state index is 0. The third-order valence-corrected chi connectivity index (χ3v) is 0.866. The van der Waals surface area contributed by atoms with Gasteiger partial charge >= 0.3 is 0 Å². The van der Waals surface area contributed by atoms with Gasteiger partial charge in [-0.05, 0) is 5.92 Å². The summed E-state index contributed by atoms with van der Waals surface area (Å²) in [6.07, 6.45) is 2.97. The Hall–Kier alpha value is 0.290. The van der Waals surface area contributed by atoms with Gasteiger partial charge in [0.1, 0.15) is 0 Å². The lowest BCUT2D eigenvalue weighted by molar-refractivity contribution is 0.983. The quantitative estimate of drug-likeness (QED) is 0.428. The van der Waals surface area contributed by atoms with Crippen molar-refractivity contribution in [3.05, 3.63) is 0 Å². The summed E-state index contributed by atoms with van der Waals surface area (Å²) in [7, 11) is 0. The minimum Gasteiger partial charge on any atom is -0.147 e. The molecule has 1 aliphatic carbocycles. The van der Waals surface area contributed by atoms with Crippen molar-refractivity contribution in [3.63, 3.8) is 0 Å². The van der Waals surface area contributed by atoms with Crippen LogP contribution in [0.15, 0.2) is 0 Å². The van der Waals surface area contributed by atoms with Gasteiger partial charge in [0, 0.05) is 0 Å². The molecule has 32 valence electrons. The van der Waals surface area contributed by atoms with Gasteiger partial charge in [0.25, 0.3) is 0 Å². The lowest BCUT2D eigenvalue weighted by Crippen LogP contribution is -1.42. The van der Waals surface area contributed by atoms with Gasteiger partial charge in [-0.2, -0.15) is 0 Å². The lowest BCUT2D eigenvalue weighted by atomic mass is 10.5. The first-order chi connectivity index (χ1) is 1.89. The van der Waals surface area contributed by atoms with Crippen molar-refractivity contribution in [1.29, 1.82) is 0 Å². The Balaban J connectivity index is 0.000000160. The Morgan fingerprint density at radius 3 is 1.60 bits per heavy atom. The largest absolute Gasteiger partial charge is 0.147 e. The van der Waals surface area contributed by atoms with Crippen LogP contribution in [0.5, 0.6) is 0 Å². The minimum absolute atomic E-state index is 0. The van der Waals surface area contributed by atoms with Crippen molar-refractivity contribution in [1.82, 2.24) is 0 Å². The molecule has 0 unspecified atom stereocenters. The Kier molecular flexibility index (Phi) is 1.76. The van der Waals surface area contributed by atoms with Crippen LogP contribution in [-0.2, 0) is 0 Å². The maximum Gasteiger partial charge on any atom is -0.0443 e. The molecule has 1 saturated carbocycles. The monoisotopic (exact) mass is 92.0 g/mol. The van der Waals surface area contributed by atoms with E-state index in [0.29, 0.717) is 0 Å². The fourth-order valence-electron chi connectivity index (χ4n) is 0.167. The van der Waals surface area contributed by atoms with Crippen molar-refractivity contribution >= 4 is 12.4 Å². The van der Waals surface area contributed by atoms with E-state index in [4.69, 9.17) is 0 Å². The number of hydrogen-bond acceptors (Lipinski definition) is 0. The summed E-state index contributed by atoms with van der Waals surface area (Å²) in [6, 6.07) is 0. The zero-order valence-corrected chi connectivity index (χ0v) is 4.22. The van der Waals surface area contributed by atoms with Crippen molar-refractivity contribution in [2.75, 3.05) is 0 Å². The summed E-state index contributed by atoms with van der Waals surface area (Å²) in [4.78, 5) is 0. The first kappa shape index (κ1) is 5.29. The maximum atomic E-state index is 2.28. The molecule has 1 rings (SSSR count). The molecule has 0 bridgehead atoms. The first-order valence-electron chi connectivity index (χ1n) is 1.89. The standard InChI is InChI=1S/C4H8.ClH/c1-4-2-3-4;/h4H,2-3H2,1H3;1H. The van der Waals surface area contributed by atoms with E-state index < -0.39 is 0 Å². The number of halogens is 1. The van der Waals surface area contributed by atoms with Crippen LogP contribution in [0.1, 0.15) is 19.8 Å². The molecule has 1 heteroatoms. The van der Waals surface area contributed by atoms with E-state index in [1.807, 2.05) is 0 Å². The van der Waals surface area contributed by atoms with Gasteiger partial charge in [0.15, 0.2) is 0 Å². The van der Waals surface area contributed by atoms with Crippen LogP contribution in [0.4, 0.5) is 0 Å². The second kappa shape index (κ2) is 1.66. The molecule has 0 amide bonds. The molecular formula is C4H9Cl. The van der Waals surface area contributed by atoms with E-state index >= 15 is 0 Å². The van der Waals surface area contributed by atoms with Gasteiger partial charge in [-0.1, -0.05) is 19.8 Å². The van der Waals surface area contributed by atoms with E-state index in [1.165, 1.54) is 12.8 Å². The van der Waals surface area contributed by atoms with Gasteiger partial charge in [-0.3, -0.25) is 0 Å². The van der Waals surface area contributed by atoms with Gasteiger partial charge in [0.05, 0.1) is 0 Å². The molecule has 5 heavy (non-hydrogen) atoms. The highest BCUT2D eigenvalue weighted by Crippen LogP contribution is 2.26. The van der Waals surface area contributed by atoms with E-state index in [0.717, 1.165) is 5.92 Å². The lowest BCUT2D eigenvalue weighted by Gasteiger charge is -1.53. The van der Waals surface area contributed by atoms with E-state index in [1.54, 1.807) is 0 Å². The molecule has 0 nitrogen and oxygen atoms in total. The average molecular weight is 92.6 g/mol. The van der Waals surface area contributed by atoms with Crippen LogP contribution in [0.2, 0.25) is 0 Å². The molecule has 0 aromatic rings. The fraction of sp³-hybridized carbons (Fsp3) is 1.00. The van der Waals surface area contributed by atoms with Crippen LogP contribution in [-0.4, -0.2) is 0 Å². The highest BCUT2D eigenvalue weighted by atomic mass is 35.5. The van der Waals surface area contributed by atoms with Crippen molar-refractivity contribution in [2.45, 2.75) is 19.8 Å². The van der Waals surface area contributed by atoms with Gasteiger partial charge in [-0.25, -0.2) is 0 Å². The molecule has 0 aliphatic heterocycles. The van der Waals surface area contributed by atoms with Crippen LogP contribution < -0.4 is 0 Å². The fourth-order valence-corrected chi connectivity index (χ4v) is 0.167. The Morgan fingerprint density at radius 1 is 1.40 bits per heavy atom. The van der Waals surface area contributed by atoms with Crippen LogP contribution in [0.3, 0.4) is 0 Å². The normalized spacial score (nSPS) is 21.0. The molecule has 0 atom stereocenters. The van der Waals surface area contributed by atoms with E-state index in [2.05, 4.69) is 6.92 Å². The highest BCUT2D eigenvalue weighted by Gasteiger charge is 2.12. The summed E-state index contributed by atoms with van der Waals surface area (Å²) in [5.41, 5.74) is 0. The van der Waals surface area contributed by atoms with Gasteiger partial charge < -0.3 is 0 Å². The molecule has 0 saturated heterocycles. The summed E-state index contributed by atoms with van der Waals surface area (Å²) in [6.45, 7) is 2.28. The highest BCUT2D eigenvalue weighted by molar-refractivity contribution is 5.85. The van der Waals surface area contributed by atoms with Crippen LogP contribution >= 0.6 is 12.4 Å².